The summed E-state index contributed by atoms with van der Waals surface area (Å²) in [5.41, 5.74) is 0.682. The van der Waals surface area contributed by atoms with Gasteiger partial charge in [-0.05, 0) is 30.5 Å². The van der Waals surface area contributed by atoms with E-state index in [1.165, 1.54) is 35.6 Å². The first-order valence-electron chi connectivity index (χ1n) is 8.13. The second-order valence-corrected chi connectivity index (χ2v) is 6.55. The lowest BCUT2D eigenvalue weighted by Crippen LogP contribution is -2.41. The van der Waals surface area contributed by atoms with Gasteiger partial charge in [0.15, 0.2) is 0 Å². The van der Waals surface area contributed by atoms with Crippen molar-refractivity contribution in [3.63, 3.8) is 0 Å². The average molecular weight is 336 g/mol. The van der Waals surface area contributed by atoms with Gasteiger partial charge in [-0.1, -0.05) is 55.8 Å². The molecule has 0 bridgehead atoms. The Bertz CT molecular complexity index is 645. The van der Waals surface area contributed by atoms with Crippen LogP contribution in [0, 0.1) is 5.82 Å². The molecule has 2 amide bonds. The van der Waals surface area contributed by atoms with Crippen LogP contribution in [0.15, 0.2) is 29.3 Å². The van der Waals surface area contributed by atoms with Gasteiger partial charge in [0.25, 0.3) is 11.8 Å². The van der Waals surface area contributed by atoms with Gasteiger partial charge in [-0.3, -0.25) is 14.5 Å². The molecule has 1 aromatic rings. The van der Waals surface area contributed by atoms with E-state index < -0.39 is 5.91 Å². The van der Waals surface area contributed by atoms with Crippen molar-refractivity contribution in [3.05, 3.63) is 40.7 Å². The molecule has 0 saturated heterocycles. The first kappa shape index (κ1) is 16.2. The van der Waals surface area contributed by atoms with Crippen molar-refractivity contribution in [3.8, 4) is 0 Å². The van der Waals surface area contributed by atoms with E-state index >= 15 is 0 Å². The number of halogens is 2. The third kappa shape index (κ3) is 3.18. The predicted octanol–water partition coefficient (Wildman–Crippen LogP) is 4.26. The van der Waals surface area contributed by atoms with Gasteiger partial charge in [-0.15, -0.1) is 0 Å². The maximum Gasteiger partial charge on any atom is 0.273 e. The molecule has 2 aliphatic rings. The van der Waals surface area contributed by atoms with Crippen molar-refractivity contribution in [2.45, 2.75) is 51.0 Å². The minimum Gasteiger partial charge on any atom is -0.270 e. The quantitative estimate of drug-likeness (QED) is 0.757. The number of hydrogen-bond acceptors (Lipinski definition) is 2. The second kappa shape index (κ2) is 6.83. The van der Waals surface area contributed by atoms with Crippen LogP contribution < -0.4 is 0 Å². The molecule has 1 aliphatic carbocycles. The smallest absolute Gasteiger partial charge is 0.270 e. The third-order valence-electron chi connectivity index (χ3n) is 4.63. The van der Waals surface area contributed by atoms with E-state index in [9.17, 15) is 14.0 Å². The summed E-state index contributed by atoms with van der Waals surface area (Å²) in [5, 5.41) is -0.0522. The Morgan fingerprint density at radius 2 is 1.48 bits per heavy atom. The lowest BCUT2D eigenvalue weighted by atomic mass is 9.95. The van der Waals surface area contributed by atoms with Crippen molar-refractivity contribution in [2.24, 2.45) is 0 Å². The van der Waals surface area contributed by atoms with E-state index in [0.29, 0.717) is 5.56 Å². The second-order valence-electron chi connectivity index (χ2n) is 6.18. The van der Waals surface area contributed by atoms with E-state index in [1.807, 2.05) is 0 Å². The number of carbonyl (C=O) groups excluding carboxylic acids is 2. The van der Waals surface area contributed by atoms with Crippen LogP contribution in [-0.2, 0) is 9.59 Å². The van der Waals surface area contributed by atoms with E-state index in [-0.39, 0.29) is 28.4 Å². The molecule has 0 unspecified atom stereocenters. The van der Waals surface area contributed by atoms with E-state index in [2.05, 4.69) is 0 Å². The van der Waals surface area contributed by atoms with Crippen LogP contribution in [0.3, 0.4) is 0 Å². The summed E-state index contributed by atoms with van der Waals surface area (Å²) in [4.78, 5) is 26.6. The summed E-state index contributed by atoms with van der Waals surface area (Å²) in [6.07, 6.45) is 7.19. The van der Waals surface area contributed by atoms with Crippen LogP contribution >= 0.6 is 11.6 Å². The fraction of sp³-hybridized carbons (Fsp3) is 0.444. The standard InChI is InChI=1S/C18H19ClFNO2/c19-16-15(12-8-10-13(20)11-9-12)17(22)21(18(16)23)14-6-4-2-1-3-5-7-14/h8-11,14H,1-7H2. The maximum atomic E-state index is 13.1. The molecular weight excluding hydrogens is 317 g/mol. The summed E-state index contributed by atoms with van der Waals surface area (Å²) >= 11 is 6.16. The van der Waals surface area contributed by atoms with Crippen LogP contribution in [0.2, 0.25) is 0 Å². The van der Waals surface area contributed by atoms with Crippen LogP contribution in [0.4, 0.5) is 4.39 Å². The van der Waals surface area contributed by atoms with Gasteiger partial charge >= 0.3 is 0 Å². The number of carbonyl (C=O) groups is 2. The summed E-state index contributed by atoms with van der Waals surface area (Å²) in [5.74, 6) is -1.15. The van der Waals surface area contributed by atoms with Crippen LogP contribution in [0.1, 0.15) is 50.5 Å². The zero-order valence-electron chi connectivity index (χ0n) is 12.9. The van der Waals surface area contributed by atoms with Gasteiger partial charge in [-0.2, -0.15) is 0 Å². The maximum absolute atomic E-state index is 13.1. The Kier molecular flexibility index (Phi) is 4.81. The number of benzene rings is 1. The molecular formula is C18H19ClFNO2. The Hall–Kier alpha value is -1.68. The summed E-state index contributed by atoms with van der Waals surface area (Å²) in [7, 11) is 0. The lowest BCUT2D eigenvalue weighted by molar-refractivity contribution is -0.139. The van der Waals surface area contributed by atoms with Crippen molar-refractivity contribution in [1.82, 2.24) is 4.90 Å². The van der Waals surface area contributed by atoms with Crippen molar-refractivity contribution < 1.29 is 14.0 Å². The first-order valence-corrected chi connectivity index (χ1v) is 8.51. The molecule has 122 valence electrons. The van der Waals surface area contributed by atoms with Gasteiger partial charge in [0.05, 0.1) is 5.57 Å². The molecule has 0 spiro atoms. The zero-order chi connectivity index (χ0) is 16.4. The van der Waals surface area contributed by atoms with Gasteiger partial charge in [0.2, 0.25) is 0 Å². The molecule has 3 nitrogen and oxygen atoms in total. The van der Waals surface area contributed by atoms with Crippen LogP contribution in [0.25, 0.3) is 5.57 Å². The normalized spacial score (nSPS) is 20.9. The number of hydrogen-bond donors (Lipinski definition) is 0. The Morgan fingerprint density at radius 3 is 2.09 bits per heavy atom. The van der Waals surface area contributed by atoms with Crippen molar-refractivity contribution in [1.29, 1.82) is 0 Å². The third-order valence-corrected chi connectivity index (χ3v) is 4.98. The van der Waals surface area contributed by atoms with Crippen molar-refractivity contribution >= 4 is 29.0 Å². The highest BCUT2D eigenvalue weighted by atomic mass is 35.5. The summed E-state index contributed by atoms with van der Waals surface area (Å²) in [6.45, 7) is 0. The lowest BCUT2D eigenvalue weighted by Gasteiger charge is -2.28. The monoisotopic (exact) mass is 335 g/mol. The van der Waals surface area contributed by atoms with Gasteiger partial charge in [0.1, 0.15) is 10.8 Å². The minimum atomic E-state index is -0.415. The number of nitrogens with zero attached hydrogens (tertiary/aromatic N) is 1. The Balaban J connectivity index is 1.87. The minimum absolute atomic E-state index is 0.0522. The van der Waals surface area contributed by atoms with E-state index in [4.69, 9.17) is 11.6 Å². The molecule has 23 heavy (non-hydrogen) atoms. The first-order chi connectivity index (χ1) is 11.1. The number of amides is 2. The Labute approximate surface area is 140 Å². The fourth-order valence-corrected chi connectivity index (χ4v) is 3.69. The van der Waals surface area contributed by atoms with E-state index in [1.54, 1.807) is 0 Å². The largest absolute Gasteiger partial charge is 0.273 e. The summed E-state index contributed by atoms with van der Waals surface area (Å²) in [6, 6.07) is 5.42. The van der Waals surface area contributed by atoms with E-state index in [0.717, 1.165) is 38.5 Å². The molecule has 0 atom stereocenters. The number of imide groups is 1. The molecule has 1 aromatic carbocycles. The Morgan fingerprint density at radius 1 is 0.913 bits per heavy atom. The molecule has 0 N–H and O–H groups in total. The average Bonchev–Trinajstić information content (AvgIpc) is 2.72. The molecule has 0 aromatic heterocycles. The molecule has 1 aliphatic heterocycles. The van der Waals surface area contributed by atoms with Gasteiger partial charge in [-0.25, -0.2) is 4.39 Å². The molecule has 0 radical (unpaired) electrons. The zero-order valence-corrected chi connectivity index (χ0v) is 13.6. The highest BCUT2D eigenvalue weighted by Crippen LogP contribution is 2.35. The van der Waals surface area contributed by atoms with Crippen LogP contribution in [0.5, 0.6) is 0 Å². The van der Waals surface area contributed by atoms with Gasteiger partial charge in [0, 0.05) is 6.04 Å². The highest BCUT2D eigenvalue weighted by Gasteiger charge is 2.41. The topological polar surface area (TPSA) is 37.4 Å². The number of rotatable bonds is 2. The molecule has 1 heterocycles. The van der Waals surface area contributed by atoms with Crippen molar-refractivity contribution in [2.75, 3.05) is 0 Å². The molecule has 1 fully saturated rings. The highest BCUT2D eigenvalue weighted by molar-refractivity contribution is 6.55. The SMILES string of the molecule is O=C1C(Cl)=C(c2ccc(F)cc2)C(=O)N1C1CCCCCCC1. The summed E-state index contributed by atoms with van der Waals surface area (Å²) < 4.78 is 13.1. The van der Waals surface area contributed by atoms with Gasteiger partial charge < -0.3 is 0 Å². The molecule has 5 heteroatoms. The molecule has 1 saturated carbocycles. The molecule has 3 rings (SSSR count). The fourth-order valence-electron chi connectivity index (χ4n) is 3.41. The predicted molar refractivity (Wildman–Crippen MR) is 87.1 cm³/mol. The van der Waals surface area contributed by atoms with Crippen LogP contribution in [-0.4, -0.2) is 22.8 Å².